The van der Waals surface area contributed by atoms with Gasteiger partial charge in [0.15, 0.2) is 5.78 Å². The number of hydrogen-bond acceptors (Lipinski definition) is 7. The molecule has 10 heteroatoms. The number of hydrogen-bond donors (Lipinski definition) is 3. The molecule has 1 fully saturated rings. The number of alkyl carbamates (subject to hydrolysis) is 1. The molecule has 31 heavy (non-hydrogen) atoms. The highest BCUT2D eigenvalue weighted by Crippen LogP contribution is 2.19. The Balaban J connectivity index is 1.85. The largest absolute Gasteiger partial charge is 0.480 e. The van der Waals surface area contributed by atoms with Crippen LogP contribution in [-0.2, 0) is 19.1 Å². The number of carboxylic acid groups (broad SMARTS) is 1. The van der Waals surface area contributed by atoms with Gasteiger partial charge in [-0.25, -0.2) is 9.59 Å². The predicted octanol–water partition coefficient (Wildman–Crippen LogP) is 1.67. The number of amidine groups is 1. The SMILES string of the molecule is COC(=O)NC(=N)c1ccc(C(=O)CC(C)C(=O)N2CCC(OCC(=O)O)CC2)cc1. The van der Waals surface area contributed by atoms with Crippen molar-refractivity contribution < 1.29 is 33.8 Å². The highest BCUT2D eigenvalue weighted by molar-refractivity contribution is 6.05. The van der Waals surface area contributed by atoms with Gasteiger partial charge in [-0.3, -0.25) is 20.3 Å². The highest BCUT2D eigenvalue weighted by atomic mass is 16.5. The van der Waals surface area contributed by atoms with E-state index in [0.717, 1.165) is 0 Å². The van der Waals surface area contributed by atoms with Crippen LogP contribution in [0.3, 0.4) is 0 Å². The van der Waals surface area contributed by atoms with E-state index in [9.17, 15) is 19.2 Å². The fraction of sp³-hybridized carbons (Fsp3) is 0.476. The molecule has 0 radical (unpaired) electrons. The molecule has 1 atom stereocenters. The molecule has 1 unspecified atom stereocenters. The summed E-state index contributed by atoms with van der Waals surface area (Å²) in [6, 6.07) is 6.18. The summed E-state index contributed by atoms with van der Waals surface area (Å²) < 4.78 is 9.71. The van der Waals surface area contributed by atoms with Crippen LogP contribution in [0.4, 0.5) is 4.79 Å². The van der Waals surface area contributed by atoms with Crippen molar-refractivity contribution in [2.75, 3.05) is 26.8 Å². The maximum absolute atomic E-state index is 12.7. The number of Topliss-reactive ketones (excluding diaryl/α,β-unsaturated/α-hetero) is 1. The lowest BCUT2D eigenvalue weighted by Crippen LogP contribution is -2.43. The van der Waals surface area contributed by atoms with E-state index in [-0.39, 0.29) is 36.7 Å². The van der Waals surface area contributed by atoms with Crippen LogP contribution in [0.25, 0.3) is 0 Å². The van der Waals surface area contributed by atoms with Crippen molar-refractivity contribution in [2.24, 2.45) is 5.92 Å². The number of methoxy groups -OCH3 is 1. The van der Waals surface area contributed by atoms with Crippen LogP contribution < -0.4 is 5.32 Å². The Hall–Kier alpha value is -3.27. The number of carbonyl (C=O) groups is 4. The fourth-order valence-electron chi connectivity index (χ4n) is 3.27. The third-order valence-corrected chi connectivity index (χ3v) is 5.02. The number of aliphatic carboxylic acids is 1. The maximum Gasteiger partial charge on any atom is 0.412 e. The number of rotatable bonds is 8. The average Bonchev–Trinajstić information content (AvgIpc) is 2.77. The molecule has 0 aliphatic carbocycles. The Morgan fingerprint density at radius 2 is 1.74 bits per heavy atom. The summed E-state index contributed by atoms with van der Waals surface area (Å²) in [5.41, 5.74) is 0.828. The summed E-state index contributed by atoms with van der Waals surface area (Å²) in [7, 11) is 1.20. The Kier molecular flexibility index (Phi) is 8.68. The quantitative estimate of drug-likeness (QED) is 0.321. The van der Waals surface area contributed by atoms with Crippen molar-refractivity contribution in [1.29, 1.82) is 5.41 Å². The van der Waals surface area contributed by atoms with Crippen LogP contribution in [0, 0.1) is 11.3 Å². The summed E-state index contributed by atoms with van der Waals surface area (Å²) in [4.78, 5) is 48.7. The molecule has 0 aromatic heterocycles. The van der Waals surface area contributed by atoms with E-state index in [1.807, 2.05) is 0 Å². The van der Waals surface area contributed by atoms with E-state index in [1.165, 1.54) is 7.11 Å². The molecule has 1 aliphatic heterocycles. The first-order valence-electron chi connectivity index (χ1n) is 9.90. The minimum Gasteiger partial charge on any atom is -0.480 e. The van der Waals surface area contributed by atoms with Gasteiger partial charge < -0.3 is 19.5 Å². The van der Waals surface area contributed by atoms with Crippen molar-refractivity contribution >= 4 is 29.6 Å². The summed E-state index contributed by atoms with van der Waals surface area (Å²) in [6.07, 6.45) is 0.239. The zero-order valence-electron chi connectivity index (χ0n) is 17.6. The average molecular weight is 433 g/mol. The molecule has 1 aromatic rings. The maximum atomic E-state index is 12.7. The number of ether oxygens (including phenoxy) is 2. The summed E-state index contributed by atoms with van der Waals surface area (Å²) in [6.45, 7) is 2.29. The van der Waals surface area contributed by atoms with Gasteiger partial charge in [-0.2, -0.15) is 0 Å². The summed E-state index contributed by atoms with van der Waals surface area (Å²) in [5, 5.41) is 18.7. The van der Waals surface area contributed by atoms with Gasteiger partial charge in [-0.15, -0.1) is 0 Å². The van der Waals surface area contributed by atoms with Crippen molar-refractivity contribution in [2.45, 2.75) is 32.3 Å². The number of amides is 2. The van der Waals surface area contributed by atoms with Gasteiger partial charge in [0.1, 0.15) is 12.4 Å². The van der Waals surface area contributed by atoms with Crippen LogP contribution in [0.1, 0.15) is 42.1 Å². The summed E-state index contributed by atoms with van der Waals surface area (Å²) >= 11 is 0. The first kappa shape index (κ1) is 24.0. The van der Waals surface area contributed by atoms with E-state index < -0.39 is 18.0 Å². The Bertz CT molecular complexity index is 830. The van der Waals surface area contributed by atoms with Gasteiger partial charge in [0.05, 0.1) is 13.2 Å². The van der Waals surface area contributed by atoms with Gasteiger partial charge in [0.25, 0.3) is 0 Å². The molecule has 0 saturated carbocycles. The fourth-order valence-corrected chi connectivity index (χ4v) is 3.27. The van der Waals surface area contributed by atoms with Crippen LogP contribution in [-0.4, -0.2) is 72.5 Å². The lowest BCUT2D eigenvalue weighted by Gasteiger charge is -2.33. The van der Waals surface area contributed by atoms with Crippen molar-refractivity contribution in [3.8, 4) is 0 Å². The zero-order valence-corrected chi connectivity index (χ0v) is 17.6. The van der Waals surface area contributed by atoms with Crippen molar-refractivity contribution in [3.63, 3.8) is 0 Å². The number of ketones is 1. The monoisotopic (exact) mass is 433 g/mol. The first-order chi connectivity index (χ1) is 14.7. The number of carbonyl (C=O) groups excluding carboxylic acids is 3. The third kappa shape index (κ3) is 7.18. The second-order valence-electron chi connectivity index (χ2n) is 7.33. The number of piperidine rings is 1. The molecule has 1 saturated heterocycles. The first-order valence-corrected chi connectivity index (χ1v) is 9.90. The molecule has 1 heterocycles. The number of likely N-dealkylation sites (tertiary alicyclic amines) is 1. The van der Waals surface area contributed by atoms with Crippen molar-refractivity contribution in [1.82, 2.24) is 10.2 Å². The van der Waals surface area contributed by atoms with Crippen LogP contribution >= 0.6 is 0 Å². The third-order valence-electron chi connectivity index (χ3n) is 5.02. The normalized spacial score (nSPS) is 15.1. The minimum absolute atomic E-state index is 0.0471. The molecule has 1 aliphatic rings. The van der Waals surface area contributed by atoms with Crippen LogP contribution in [0.5, 0.6) is 0 Å². The van der Waals surface area contributed by atoms with E-state index in [4.69, 9.17) is 15.3 Å². The van der Waals surface area contributed by atoms with E-state index in [0.29, 0.717) is 37.1 Å². The van der Waals surface area contributed by atoms with Gasteiger partial charge >= 0.3 is 12.1 Å². The summed E-state index contributed by atoms with van der Waals surface area (Å²) in [5.74, 6) is -1.98. The zero-order chi connectivity index (χ0) is 23.0. The molecule has 0 spiro atoms. The molecule has 2 rings (SSSR count). The smallest absolute Gasteiger partial charge is 0.412 e. The molecule has 0 bridgehead atoms. The lowest BCUT2D eigenvalue weighted by atomic mass is 9.96. The Labute approximate surface area is 180 Å². The Morgan fingerprint density at radius 3 is 2.29 bits per heavy atom. The number of carboxylic acids is 1. The second kappa shape index (κ2) is 11.2. The van der Waals surface area contributed by atoms with E-state index >= 15 is 0 Å². The van der Waals surface area contributed by atoms with Gasteiger partial charge in [-0.05, 0) is 12.8 Å². The molecule has 168 valence electrons. The topological polar surface area (TPSA) is 146 Å². The number of benzene rings is 1. The molecular weight excluding hydrogens is 406 g/mol. The number of nitrogens with one attached hydrogen (secondary N) is 2. The highest BCUT2D eigenvalue weighted by Gasteiger charge is 2.28. The Morgan fingerprint density at radius 1 is 1.16 bits per heavy atom. The molecular formula is C21H27N3O7. The number of nitrogens with zero attached hydrogens (tertiary/aromatic N) is 1. The molecule has 3 N–H and O–H groups in total. The molecule has 1 aromatic carbocycles. The molecule has 2 amide bonds. The molecule has 10 nitrogen and oxygen atoms in total. The second-order valence-corrected chi connectivity index (χ2v) is 7.33. The predicted molar refractivity (Wildman–Crippen MR) is 110 cm³/mol. The van der Waals surface area contributed by atoms with Crippen molar-refractivity contribution in [3.05, 3.63) is 35.4 Å². The standard InChI is InChI=1S/C21H27N3O7/c1-13(20(28)24-9-7-16(8-10-24)31-12-18(26)27)11-17(25)14-3-5-15(6-4-14)19(22)23-21(29)30-2/h3-6,13,16H,7-12H2,1-2H3,(H,26,27)(H2,22,23,29). The van der Waals surface area contributed by atoms with Gasteiger partial charge in [-0.1, -0.05) is 31.2 Å². The van der Waals surface area contributed by atoms with Gasteiger partial charge in [0.2, 0.25) is 5.91 Å². The minimum atomic E-state index is -1.02. The lowest BCUT2D eigenvalue weighted by molar-refractivity contribution is -0.147. The van der Waals surface area contributed by atoms with E-state index in [2.05, 4.69) is 10.1 Å². The van der Waals surface area contributed by atoms with Crippen LogP contribution in [0.2, 0.25) is 0 Å². The van der Waals surface area contributed by atoms with Gasteiger partial charge in [0, 0.05) is 36.6 Å². The van der Waals surface area contributed by atoms with E-state index in [1.54, 1.807) is 36.1 Å². The van der Waals surface area contributed by atoms with Crippen LogP contribution in [0.15, 0.2) is 24.3 Å².